The highest BCUT2D eigenvalue weighted by atomic mass is 16.6. The van der Waals surface area contributed by atoms with E-state index in [1.165, 1.54) is 4.90 Å². The van der Waals surface area contributed by atoms with E-state index < -0.39 is 35.6 Å². The third kappa shape index (κ3) is 11.7. The van der Waals surface area contributed by atoms with E-state index in [2.05, 4.69) is 10.6 Å². The molecule has 2 unspecified atom stereocenters. The summed E-state index contributed by atoms with van der Waals surface area (Å²) >= 11 is 0. The molecule has 1 rings (SSSR count). The van der Waals surface area contributed by atoms with E-state index in [0.29, 0.717) is 25.1 Å². The van der Waals surface area contributed by atoms with Crippen molar-refractivity contribution in [1.29, 1.82) is 0 Å². The Kier molecular flexibility index (Phi) is 13.1. The molecule has 4 amide bonds. The van der Waals surface area contributed by atoms with Crippen LogP contribution >= 0.6 is 0 Å². The highest BCUT2D eigenvalue weighted by molar-refractivity contribution is 5.92. The molecule has 9 nitrogen and oxygen atoms in total. The third-order valence-corrected chi connectivity index (χ3v) is 5.65. The van der Waals surface area contributed by atoms with Gasteiger partial charge in [0.1, 0.15) is 17.7 Å². The number of primary amides is 1. The van der Waals surface area contributed by atoms with Gasteiger partial charge in [-0.3, -0.25) is 14.4 Å². The molecule has 4 N–H and O–H groups in total. The zero-order chi connectivity index (χ0) is 28.2. The number of nitrogens with zero attached hydrogens (tertiary/aromatic N) is 1. The predicted molar refractivity (Wildman–Crippen MR) is 145 cm³/mol. The first-order valence-electron chi connectivity index (χ1n) is 13.2. The summed E-state index contributed by atoms with van der Waals surface area (Å²) in [5.74, 6) is -1.34. The standard InChI is InChI=1S/C28H46N4O5/c1-8-10-14-30-25(34)24(21-17-19(3)16-20(4)18-21)32(15-11-9-2)26(35)22(12-13-23(29)33)31-27(36)37-28(5,6)7/h16-18,22,24H,8-15H2,1-7H3,(H2,29,33)(H,30,34)(H,31,36). The van der Waals surface area contributed by atoms with Crippen LogP contribution in [-0.2, 0) is 19.1 Å². The van der Waals surface area contributed by atoms with Crippen molar-refractivity contribution in [2.45, 2.75) is 105 Å². The highest BCUT2D eigenvalue weighted by Gasteiger charge is 2.36. The largest absolute Gasteiger partial charge is 0.444 e. The molecule has 1 aromatic carbocycles. The van der Waals surface area contributed by atoms with Gasteiger partial charge in [-0.1, -0.05) is 56.0 Å². The van der Waals surface area contributed by atoms with Crippen LogP contribution in [0.3, 0.4) is 0 Å². The smallest absolute Gasteiger partial charge is 0.408 e. The maximum atomic E-state index is 14.0. The highest BCUT2D eigenvalue weighted by Crippen LogP contribution is 2.26. The molecule has 0 fully saturated rings. The Hall–Kier alpha value is -3.10. The SMILES string of the molecule is CCCCNC(=O)C(c1cc(C)cc(C)c1)N(CCCC)C(=O)C(CCC(N)=O)NC(=O)OC(C)(C)C. The number of rotatable bonds is 14. The van der Waals surface area contributed by atoms with Gasteiger partial charge in [-0.25, -0.2) is 4.79 Å². The number of aryl methyl sites for hydroxylation is 2. The molecular weight excluding hydrogens is 472 g/mol. The maximum Gasteiger partial charge on any atom is 0.408 e. The molecule has 0 aliphatic heterocycles. The van der Waals surface area contributed by atoms with Crippen molar-refractivity contribution in [1.82, 2.24) is 15.5 Å². The number of unbranched alkanes of at least 4 members (excludes halogenated alkanes) is 2. The molecular formula is C28H46N4O5. The zero-order valence-corrected chi connectivity index (χ0v) is 23.6. The van der Waals surface area contributed by atoms with E-state index in [-0.39, 0.29) is 18.7 Å². The molecule has 0 radical (unpaired) electrons. The molecule has 0 bridgehead atoms. The van der Waals surface area contributed by atoms with Crippen LogP contribution in [0.4, 0.5) is 4.79 Å². The van der Waals surface area contributed by atoms with Gasteiger partial charge in [0, 0.05) is 19.5 Å². The first-order chi connectivity index (χ1) is 17.3. The van der Waals surface area contributed by atoms with E-state index in [0.717, 1.165) is 30.4 Å². The maximum absolute atomic E-state index is 14.0. The zero-order valence-electron chi connectivity index (χ0n) is 23.6. The number of amides is 4. The summed E-state index contributed by atoms with van der Waals surface area (Å²) in [6.45, 7) is 13.9. The summed E-state index contributed by atoms with van der Waals surface area (Å²) in [7, 11) is 0. The van der Waals surface area contributed by atoms with Crippen molar-refractivity contribution in [2.75, 3.05) is 13.1 Å². The second-order valence-electron chi connectivity index (χ2n) is 10.6. The Bertz CT molecular complexity index is 905. The van der Waals surface area contributed by atoms with Gasteiger partial charge in [-0.15, -0.1) is 0 Å². The van der Waals surface area contributed by atoms with Crippen molar-refractivity contribution in [2.24, 2.45) is 5.73 Å². The van der Waals surface area contributed by atoms with Gasteiger partial charge in [-0.2, -0.15) is 0 Å². The van der Waals surface area contributed by atoms with Crippen LogP contribution in [-0.4, -0.2) is 53.4 Å². The van der Waals surface area contributed by atoms with Gasteiger partial charge in [0.2, 0.25) is 17.7 Å². The van der Waals surface area contributed by atoms with Crippen molar-refractivity contribution >= 4 is 23.8 Å². The van der Waals surface area contributed by atoms with Crippen LogP contribution in [0.15, 0.2) is 18.2 Å². The first-order valence-corrected chi connectivity index (χ1v) is 13.2. The van der Waals surface area contributed by atoms with Crippen LogP contribution in [0.2, 0.25) is 0 Å². The molecule has 2 atom stereocenters. The average molecular weight is 519 g/mol. The minimum absolute atomic E-state index is 0.00689. The summed E-state index contributed by atoms with van der Waals surface area (Å²) in [6, 6.07) is 3.83. The Morgan fingerprint density at radius 3 is 2.11 bits per heavy atom. The van der Waals surface area contributed by atoms with Gasteiger partial charge in [0.25, 0.3) is 0 Å². The van der Waals surface area contributed by atoms with E-state index >= 15 is 0 Å². The molecule has 0 heterocycles. The lowest BCUT2D eigenvalue weighted by Crippen LogP contribution is -2.53. The summed E-state index contributed by atoms with van der Waals surface area (Å²) in [5.41, 5.74) is 7.23. The number of hydrogen-bond donors (Lipinski definition) is 3. The Labute approximate surface area is 221 Å². The van der Waals surface area contributed by atoms with Gasteiger partial charge in [0.15, 0.2) is 0 Å². The average Bonchev–Trinajstić information content (AvgIpc) is 2.76. The van der Waals surface area contributed by atoms with E-state index in [4.69, 9.17) is 10.5 Å². The number of alkyl carbamates (subject to hydrolysis) is 1. The summed E-state index contributed by atoms with van der Waals surface area (Å²) in [6.07, 6.45) is 2.30. The number of ether oxygens (including phenoxy) is 1. The number of carbonyl (C=O) groups excluding carboxylic acids is 4. The monoisotopic (exact) mass is 518 g/mol. The lowest BCUT2D eigenvalue weighted by Gasteiger charge is -2.35. The van der Waals surface area contributed by atoms with Crippen molar-refractivity contribution in [3.8, 4) is 0 Å². The number of hydrogen-bond acceptors (Lipinski definition) is 5. The van der Waals surface area contributed by atoms with Crippen LogP contribution in [0.25, 0.3) is 0 Å². The second kappa shape index (κ2) is 15.2. The Morgan fingerprint density at radius 1 is 1.00 bits per heavy atom. The van der Waals surface area contributed by atoms with Gasteiger partial charge < -0.3 is 26.0 Å². The first kappa shape index (κ1) is 31.9. The molecule has 0 aliphatic rings. The molecule has 37 heavy (non-hydrogen) atoms. The van der Waals surface area contributed by atoms with E-state index in [9.17, 15) is 19.2 Å². The number of nitrogens with two attached hydrogens (primary N) is 1. The molecule has 0 aliphatic carbocycles. The predicted octanol–water partition coefficient (Wildman–Crippen LogP) is 4.05. The lowest BCUT2D eigenvalue weighted by atomic mass is 9.97. The van der Waals surface area contributed by atoms with Crippen LogP contribution in [0, 0.1) is 13.8 Å². The van der Waals surface area contributed by atoms with Gasteiger partial charge in [-0.05, 0) is 59.4 Å². The normalized spacial score (nSPS) is 12.8. The molecule has 0 aromatic heterocycles. The second-order valence-corrected chi connectivity index (χ2v) is 10.6. The van der Waals surface area contributed by atoms with Crippen LogP contribution in [0.5, 0.6) is 0 Å². The number of carbonyl (C=O) groups is 4. The fourth-order valence-corrected chi connectivity index (χ4v) is 4.01. The molecule has 1 aromatic rings. The molecule has 208 valence electrons. The van der Waals surface area contributed by atoms with E-state index in [1.807, 2.05) is 45.9 Å². The third-order valence-electron chi connectivity index (χ3n) is 5.65. The summed E-state index contributed by atoms with van der Waals surface area (Å²) in [5, 5.41) is 5.59. The minimum atomic E-state index is -1.09. The van der Waals surface area contributed by atoms with Gasteiger partial charge in [0.05, 0.1) is 0 Å². The Morgan fingerprint density at radius 2 is 1.59 bits per heavy atom. The summed E-state index contributed by atoms with van der Waals surface area (Å²) in [4.78, 5) is 53.2. The number of nitrogens with one attached hydrogen (secondary N) is 2. The van der Waals surface area contributed by atoms with Crippen molar-refractivity contribution < 1.29 is 23.9 Å². The number of benzene rings is 1. The fraction of sp³-hybridized carbons (Fsp3) is 0.643. The molecule has 0 saturated heterocycles. The quantitative estimate of drug-likeness (QED) is 0.320. The summed E-state index contributed by atoms with van der Waals surface area (Å²) < 4.78 is 5.36. The fourth-order valence-electron chi connectivity index (χ4n) is 4.01. The molecule has 0 spiro atoms. The molecule has 0 saturated carbocycles. The topological polar surface area (TPSA) is 131 Å². The van der Waals surface area contributed by atoms with Crippen molar-refractivity contribution in [3.63, 3.8) is 0 Å². The Balaban J connectivity index is 3.50. The minimum Gasteiger partial charge on any atom is -0.444 e. The van der Waals surface area contributed by atoms with Gasteiger partial charge >= 0.3 is 6.09 Å². The lowest BCUT2D eigenvalue weighted by molar-refractivity contribution is -0.142. The molecule has 9 heteroatoms. The van der Waals surface area contributed by atoms with Crippen LogP contribution in [0.1, 0.15) is 95.9 Å². The van der Waals surface area contributed by atoms with Crippen LogP contribution < -0.4 is 16.4 Å². The van der Waals surface area contributed by atoms with E-state index in [1.54, 1.807) is 20.8 Å². The van der Waals surface area contributed by atoms with Crippen molar-refractivity contribution in [3.05, 3.63) is 34.9 Å².